The molecule has 2 amide bonds. The third-order valence-corrected chi connectivity index (χ3v) is 8.31. The first-order valence-corrected chi connectivity index (χ1v) is 12.5. The summed E-state index contributed by atoms with van der Waals surface area (Å²) in [5, 5.41) is 0.0616. The quantitative estimate of drug-likeness (QED) is 0.650. The molecule has 0 aliphatic carbocycles. The molecule has 1 aromatic heterocycles. The minimum Gasteiger partial charge on any atom is -0.339 e. The van der Waals surface area contributed by atoms with Crippen molar-refractivity contribution in [3.8, 4) is 0 Å². The maximum atomic E-state index is 13.3. The number of carbonyl (C=O) groups excluding carboxylic acids is 2. The van der Waals surface area contributed by atoms with E-state index in [1.54, 1.807) is 15.9 Å². The molecule has 3 heterocycles. The molecular weight excluding hydrogens is 471 g/mol. The lowest BCUT2D eigenvalue weighted by Gasteiger charge is -2.38. The normalized spacial score (nSPS) is 18.4. The second-order valence-electron chi connectivity index (χ2n) is 8.11. The fraction of sp³-hybridized carbons (Fsp3) is 0.409. The van der Waals surface area contributed by atoms with Crippen molar-refractivity contribution in [2.24, 2.45) is 5.92 Å². The van der Waals surface area contributed by atoms with Crippen LogP contribution in [0.2, 0.25) is 5.02 Å². The van der Waals surface area contributed by atoms with Gasteiger partial charge in [0.05, 0.1) is 10.6 Å². The molecule has 8 nitrogen and oxygen atoms in total. The van der Waals surface area contributed by atoms with Crippen molar-refractivity contribution in [2.75, 3.05) is 39.3 Å². The number of nitrogens with zero attached hydrogens (tertiary/aromatic N) is 4. The van der Waals surface area contributed by atoms with E-state index in [1.165, 1.54) is 34.9 Å². The van der Waals surface area contributed by atoms with Gasteiger partial charge in [0.1, 0.15) is 10.7 Å². The molecule has 0 N–H and O–H groups in total. The second-order valence-corrected chi connectivity index (χ2v) is 10.5. The van der Waals surface area contributed by atoms with Gasteiger partial charge in [0.25, 0.3) is 5.91 Å². The van der Waals surface area contributed by atoms with Gasteiger partial charge in [-0.05, 0) is 43.2 Å². The fourth-order valence-electron chi connectivity index (χ4n) is 4.21. The minimum atomic E-state index is -3.62. The maximum Gasteiger partial charge on any atom is 0.255 e. The Kier molecular flexibility index (Phi) is 6.96. The Morgan fingerprint density at radius 2 is 1.67 bits per heavy atom. The topological polar surface area (TPSA) is 90.9 Å². The minimum absolute atomic E-state index is 0.0136. The third-order valence-electron chi connectivity index (χ3n) is 6.12. The molecule has 2 aliphatic heterocycles. The maximum absolute atomic E-state index is 13.3. The number of hydrogen-bond donors (Lipinski definition) is 0. The van der Waals surface area contributed by atoms with Gasteiger partial charge in [0.15, 0.2) is 0 Å². The van der Waals surface area contributed by atoms with Crippen LogP contribution in [-0.4, -0.2) is 78.6 Å². The molecule has 0 unspecified atom stereocenters. The summed E-state index contributed by atoms with van der Waals surface area (Å²) in [6.07, 6.45) is 3.74. The van der Waals surface area contributed by atoms with E-state index >= 15 is 0 Å². The first kappa shape index (κ1) is 23.6. The molecular formula is C22H24ClFN4O4S. The Morgan fingerprint density at radius 3 is 2.27 bits per heavy atom. The molecule has 1 aromatic carbocycles. The summed E-state index contributed by atoms with van der Waals surface area (Å²) in [5.74, 6) is -1.06. The van der Waals surface area contributed by atoms with E-state index in [-0.39, 0.29) is 46.3 Å². The van der Waals surface area contributed by atoms with E-state index < -0.39 is 15.8 Å². The lowest BCUT2D eigenvalue weighted by Crippen LogP contribution is -2.53. The van der Waals surface area contributed by atoms with Crippen LogP contribution in [0.1, 0.15) is 23.2 Å². The van der Waals surface area contributed by atoms with Crippen LogP contribution in [0.4, 0.5) is 4.39 Å². The molecule has 0 radical (unpaired) electrons. The summed E-state index contributed by atoms with van der Waals surface area (Å²) in [6.45, 7) is 2.03. The lowest BCUT2D eigenvalue weighted by atomic mass is 9.96. The number of hydrogen-bond acceptors (Lipinski definition) is 5. The zero-order valence-electron chi connectivity index (χ0n) is 17.9. The van der Waals surface area contributed by atoms with Crippen LogP contribution in [0.3, 0.4) is 0 Å². The standard InChI is InChI=1S/C22H24ClFN4O4S/c23-20-14-17(24)3-4-19(20)22(30)27-12-10-26(11-13-27)21(29)16-5-8-28(9-6-16)33(31,32)18-2-1-7-25-15-18/h1-4,7,14-16H,5-6,8-13H2. The number of rotatable bonds is 4. The highest BCUT2D eigenvalue weighted by Crippen LogP contribution is 2.26. The van der Waals surface area contributed by atoms with Crippen molar-refractivity contribution < 1.29 is 22.4 Å². The Morgan fingerprint density at radius 1 is 1.00 bits per heavy atom. The third kappa shape index (κ3) is 5.02. The van der Waals surface area contributed by atoms with E-state index in [0.29, 0.717) is 39.0 Å². The van der Waals surface area contributed by atoms with E-state index in [2.05, 4.69) is 4.98 Å². The molecule has 2 fully saturated rings. The van der Waals surface area contributed by atoms with Gasteiger partial charge in [-0.3, -0.25) is 14.6 Å². The van der Waals surface area contributed by atoms with Crippen LogP contribution in [0, 0.1) is 11.7 Å². The number of halogens is 2. The second kappa shape index (κ2) is 9.74. The van der Waals surface area contributed by atoms with Gasteiger partial charge in [0, 0.05) is 57.6 Å². The molecule has 0 saturated carbocycles. The van der Waals surface area contributed by atoms with Crippen LogP contribution in [0.15, 0.2) is 47.6 Å². The first-order chi connectivity index (χ1) is 15.8. The van der Waals surface area contributed by atoms with Crippen molar-refractivity contribution in [1.29, 1.82) is 0 Å². The average Bonchev–Trinajstić information content (AvgIpc) is 2.84. The summed E-state index contributed by atoms with van der Waals surface area (Å²) < 4.78 is 40.1. The summed E-state index contributed by atoms with van der Waals surface area (Å²) in [7, 11) is -3.62. The molecule has 0 spiro atoms. The van der Waals surface area contributed by atoms with E-state index in [1.807, 2.05) is 0 Å². The summed E-state index contributed by atoms with van der Waals surface area (Å²) in [4.78, 5) is 33.1. The Bertz CT molecular complexity index is 1130. The Labute approximate surface area is 197 Å². The highest BCUT2D eigenvalue weighted by Gasteiger charge is 2.35. The number of piperidine rings is 1. The van der Waals surface area contributed by atoms with E-state index in [9.17, 15) is 22.4 Å². The van der Waals surface area contributed by atoms with Gasteiger partial charge in [-0.15, -0.1) is 0 Å². The van der Waals surface area contributed by atoms with Crippen molar-refractivity contribution in [3.05, 3.63) is 59.1 Å². The predicted octanol–water partition coefficient (Wildman–Crippen LogP) is 2.26. The average molecular weight is 495 g/mol. The van der Waals surface area contributed by atoms with E-state index in [0.717, 1.165) is 6.07 Å². The zero-order valence-corrected chi connectivity index (χ0v) is 19.4. The number of pyridine rings is 1. The van der Waals surface area contributed by atoms with Gasteiger partial charge < -0.3 is 9.80 Å². The summed E-state index contributed by atoms with van der Waals surface area (Å²) in [6, 6.07) is 6.76. The van der Waals surface area contributed by atoms with Crippen LogP contribution >= 0.6 is 11.6 Å². The number of piperazine rings is 1. The molecule has 2 saturated heterocycles. The lowest BCUT2D eigenvalue weighted by molar-refractivity contribution is -0.138. The highest BCUT2D eigenvalue weighted by molar-refractivity contribution is 7.89. The van der Waals surface area contributed by atoms with Gasteiger partial charge >= 0.3 is 0 Å². The van der Waals surface area contributed by atoms with Crippen molar-refractivity contribution >= 4 is 33.4 Å². The number of aromatic nitrogens is 1. The van der Waals surface area contributed by atoms with Crippen molar-refractivity contribution in [3.63, 3.8) is 0 Å². The van der Waals surface area contributed by atoms with E-state index in [4.69, 9.17) is 11.6 Å². The predicted molar refractivity (Wildman–Crippen MR) is 120 cm³/mol. The molecule has 0 atom stereocenters. The molecule has 4 rings (SSSR count). The number of carbonyl (C=O) groups is 2. The van der Waals surface area contributed by atoms with Gasteiger partial charge in [-0.1, -0.05) is 11.6 Å². The van der Waals surface area contributed by atoms with Crippen molar-refractivity contribution in [1.82, 2.24) is 19.1 Å². The summed E-state index contributed by atoms with van der Waals surface area (Å²) in [5.41, 5.74) is 0.236. The number of amides is 2. The molecule has 33 heavy (non-hydrogen) atoms. The Balaban J connectivity index is 1.30. The smallest absolute Gasteiger partial charge is 0.255 e. The molecule has 2 aliphatic rings. The van der Waals surface area contributed by atoms with Crippen LogP contribution in [0.5, 0.6) is 0 Å². The number of benzene rings is 1. The number of sulfonamides is 1. The zero-order chi connectivity index (χ0) is 23.6. The monoisotopic (exact) mass is 494 g/mol. The molecule has 2 aromatic rings. The first-order valence-electron chi connectivity index (χ1n) is 10.7. The SMILES string of the molecule is O=C(c1ccc(F)cc1Cl)N1CCN(C(=O)C2CCN(S(=O)(=O)c3cccnc3)CC2)CC1. The fourth-order valence-corrected chi connectivity index (χ4v) is 5.90. The molecule has 176 valence electrons. The highest BCUT2D eigenvalue weighted by atomic mass is 35.5. The van der Waals surface area contributed by atoms with Gasteiger partial charge in [0.2, 0.25) is 15.9 Å². The van der Waals surface area contributed by atoms with Crippen LogP contribution < -0.4 is 0 Å². The molecule has 11 heteroatoms. The van der Waals surface area contributed by atoms with Crippen LogP contribution in [-0.2, 0) is 14.8 Å². The van der Waals surface area contributed by atoms with Gasteiger partial charge in [-0.2, -0.15) is 4.31 Å². The molecule has 0 bridgehead atoms. The largest absolute Gasteiger partial charge is 0.339 e. The van der Waals surface area contributed by atoms with Crippen LogP contribution in [0.25, 0.3) is 0 Å². The Hall–Kier alpha value is -2.56. The van der Waals surface area contributed by atoms with Gasteiger partial charge in [-0.25, -0.2) is 12.8 Å². The van der Waals surface area contributed by atoms with Crippen molar-refractivity contribution in [2.45, 2.75) is 17.7 Å². The summed E-state index contributed by atoms with van der Waals surface area (Å²) >= 11 is 6.00.